The van der Waals surface area contributed by atoms with Crippen LogP contribution in [-0.2, 0) is 24.4 Å². The van der Waals surface area contributed by atoms with Crippen LogP contribution in [0.1, 0.15) is 27.2 Å². The van der Waals surface area contributed by atoms with Gasteiger partial charge in [-0.1, -0.05) is 48.5 Å². The molecule has 1 aliphatic heterocycles. The quantitative estimate of drug-likeness (QED) is 0.515. The van der Waals surface area contributed by atoms with Crippen LogP contribution in [0.3, 0.4) is 0 Å². The summed E-state index contributed by atoms with van der Waals surface area (Å²) < 4.78 is 0. The van der Waals surface area contributed by atoms with Crippen LogP contribution < -0.4 is 5.32 Å². The SMILES string of the molecule is N#CN1Cc2cccc(-c3ccnc(C(=O)NCc4ccccc4)c3)c2C1.O=CO. The van der Waals surface area contributed by atoms with E-state index in [1.54, 1.807) is 11.1 Å². The van der Waals surface area contributed by atoms with E-state index >= 15 is 0 Å². The van der Waals surface area contributed by atoms with Gasteiger partial charge in [-0.15, -0.1) is 0 Å². The van der Waals surface area contributed by atoms with Crippen molar-refractivity contribution in [2.45, 2.75) is 19.6 Å². The molecular weight excluding hydrogens is 380 g/mol. The van der Waals surface area contributed by atoms with E-state index in [9.17, 15) is 10.1 Å². The zero-order valence-electron chi connectivity index (χ0n) is 16.2. The molecule has 0 unspecified atom stereocenters. The van der Waals surface area contributed by atoms with Crippen molar-refractivity contribution in [1.82, 2.24) is 15.2 Å². The summed E-state index contributed by atoms with van der Waals surface area (Å²) in [5.74, 6) is -0.202. The summed E-state index contributed by atoms with van der Waals surface area (Å²) in [5.41, 5.74) is 5.70. The number of hydrogen-bond donors (Lipinski definition) is 2. The summed E-state index contributed by atoms with van der Waals surface area (Å²) in [6.07, 6.45) is 3.86. The molecule has 0 saturated carbocycles. The second-order valence-corrected chi connectivity index (χ2v) is 6.60. The van der Waals surface area contributed by atoms with E-state index in [0.717, 1.165) is 27.8 Å². The molecule has 1 aliphatic rings. The Balaban J connectivity index is 0.000000806. The number of carbonyl (C=O) groups excluding carboxylic acids is 1. The van der Waals surface area contributed by atoms with Crippen LogP contribution in [0.4, 0.5) is 0 Å². The van der Waals surface area contributed by atoms with E-state index < -0.39 is 0 Å². The van der Waals surface area contributed by atoms with E-state index in [4.69, 9.17) is 9.90 Å². The first-order valence-electron chi connectivity index (χ1n) is 9.28. The zero-order valence-corrected chi connectivity index (χ0v) is 16.2. The topological polar surface area (TPSA) is 106 Å². The fourth-order valence-corrected chi connectivity index (χ4v) is 3.35. The molecular formula is C23H20N4O3. The number of rotatable bonds is 4. The van der Waals surface area contributed by atoms with Gasteiger partial charge in [0.15, 0.2) is 6.19 Å². The van der Waals surface area contributed by atoms with Gasteiger partial charge in [0.2, 0.25) is 0 Å². The number of carboxylic acid groups (broad SMARTS) is 1. The zero-order chi connectivity index (χ0) is 21.3. The molecule has 0 fully saturated rings. The van der Waals surface area contributed by atoms with Gasteiger partial charge in [0.25, 0.3) is 12.4 Å². The van der Waals surface area contributed by atoms with Crippen LogP contribution in [-0.4, -0.2) is 27.4 Å². The lowest BCUT2D eigenvalue weighted by Gasteiger charge is -2.10. The number of benzene rings is 2. The van der Waals surface area contributed by atoms with Crippen molar-refractivity contribution >= 4 is 12.4 Å². The molecule has 150 valence electrons. The summed E-state index contributed by atoms with van der Waals surface area (Å²) in [6.45, 7) is 1.44. The number of nitrogens with one attached hydrogen (secondary N) is 1. The molecule has 1 aromatic heterocycles. The molecule has 30 heavy (non-hydrogen) atoms. The third kappa shape index (κ3) is 4.80. The molecule has 4 rings (SSSR count). The molecule has 2 N–H and O–H groups in total. The Morgan fingerprint density at radius 1 is 1.17 bits per heavy atom. The summed E-state index contributed by atoms with van der Waals surface area (Å²) in [4.78, 5) is 26.8. The highest BCUT2D eigenvalue weighted by Crippen LogP contribution is 2.32. The predicted molar refractivity (Wildman–Crippen MR) is 111 cm³/mol. The lowest BCUT2D eigenvalue weighted by atomic mass is 9.97. The maximum atomic E-state index is 12.5. The van der Waals surface area contributed by atoms with Crippen LogP contribution in [0.15, 0.2) is 66.9 Å². The second kappa shape index (κ2) is 9.85. The van der Waals surface area contributed by atoms with Crippen molar-refractivity contribution < 1.29 is 14.7 Å². The first kappa shape index (κ1) is 20.6. The number of nitriles is 1. The number of amides is 1. The van der Waals surface area contributed by atoms with Gasteiger partial charge in [-0.25, -0.2) is 0 Å². The van der Waals surface area contributed by atoms with Gasteiger partial charge < -0.3 is 15.3 Å². The molecule has 0 bridgehead atoms. The van der Waals surface area contributed by atoms with Crippen LogP contribution >= 0.6 is 0 Å². The highest BCUT2D eigenvalue weighted by Gasteiger charge is 2.21. The molecule has 2 heterocycles. The molecule has 0 atom stereocenters. The van der Waals surface area contributed by atoms with E-state index in [-0.39, 0.29) is 12.4 Å². The average molecular weight is 400 g/mol. The third-order valence-electron chi connectivity index (χ3n) is 4.72. The highest BCUT2D eigenvalue weighted by atomic mass is 16.3. The van der Waals surface area contributed by atoms with E-state index in [2.05, 4.69) is 16.5 Å². The summed E-state index contributed by atoms with van der Waals surface area (Å²) in [6, 6.07) is 19.6. The fourth-order valence-electron chi connectivity index (χ4n) is 3.35. The Morgan fingerprint density at radius 3 is 2.67 bits per heavy atom. The second-order valence-electron chi connectivity index (χ2n) is 6.60. The van der Waals surface area contributed by atoms with Gasteiger partial charge in [-0.2, -0.15) is 5.26 Å². The lowest BCUT2D eigenvalue weighted by Crippen LogP contribution is -2.23. The van der Waals surface area contributed by atoms with E-state index in [1.165, 1.54) is 0 Å². The molecule has 0 spiro atoms. The van der Waals surface area contributed by atoms with E-state index in [1.807, 2.05) is 60.7 Å². The minimum atomic E-state index is -0.250. The van der Waals surface area contributed by atoms with Crippen molar-refractivity contribution in [3.63, 3.8) is 0 Å². The molecule has 7 nitrogen and oxygen atoms in total. The Labute approximate surface area is 174 Å². The van der Waals surface area contributed by atoms with Crippen LogP contribution in [0, 0.1) is 11.5 Å². The van der Waals surface area contributed by atoms with Crippen LogP contribution in [0.25, 0.3) is 11.1 Å². The Kier molecular flexibility index (Phi) is 6.74. The van der Waals surface area contributed by atoms with Gasteiger partial charge in [0, 0.05) is 12.7 Å². The van der Waals surface area contributed by atoms with Crippen molar-refractivity contribution in [1.29, 1.82) is 5.26 Å². The predicted octanol–water partition coefficient (Wildman–Crippen LogP) is 3.18. The maximum absolute atomic E-state index is 12.5. The number of aromatic nitrogens is 1. The number of hydrogen-bond acceptors (Lipinski definition) is 5. The number of nitrogens with zero attached hydrogens (tertiary/aromatic N) is 3. The summed E-state index contributed by atoms with van der Waals surface area (Å²) in [7, 11) is 0. The smallest absolute Gasteiger partial charge is 0.290 e. The Bertz CT molecular complexity index is 1080. The minimum Gasteiger partial charge on any atom is -0.483 e. The molecule has 0 saturated heterocycles. The van der Waals surface area contributed by atoms with Crippen molar-refractivity contribution in [2.24, 2.45) is 0 Å². The van der Waals surface area contributed by atoms with Gasteiger partial charge >= 0.3 is 0 Å². The molecule has 0 radical (unpaired) electrons. The standard InChI is InChI=1S/C22H18N4O.CH2O2/c23-15-26-13-18-7-4-8-19(20(18)14-26)17-9-10-24-21(11-17)22(27)25-12-16-5-2-1-3-6-16;2-1-3/h1-11H,12-14H2,(H,25,27);1H,(H,2,3). The van der Waals surface area contributed by atoms with Gasteiger partial charge in [0.1, 0.15) is 5.69 Å². The Morgan fingerprint density at radius 2 is 1.93 bits per heavy atom. The van der Waals surface area contributed by atoms with Crippen molar-refractivity contribution in [2.75, 3.05) is 0 Å². The largest absolute Gasteiger partial charge is 0.483 e. The van der Waals surface area contributed by atoms with Crippen molar-refractivity contribution in [3.05, 3.63) is 89.2 Å². The van der Waals surface area contributed by atoms with E-state index in [0.29, 0.717) is 25.3 Å². The lowest BCUT2D eigenvalue weighted by molar-refractivity contribution is -0.122. The van der Waals surface area contributed by atoms with Gasteiger partial charge in [0.05, 0.1) is 13.1 Å². The molecule has 7 heteroatoms. The van der Waals surface area contributed by atoms with Gasteiger partial charge in [-0.05, 0) is 39.9 Å². The first-order chi connectivity index (χ1) is 14.7. The Hall–Kier alpha value is -4.18. The molecule has 2 aromatic carbocycles. The number of pyridine rings is 1. The first-order valence-corrected chi connectivity index (χ1v) is 9.28. The molecule has 3 aromatic rings. The summed E-state index contributed by atoms with van der Waals surface area (Å²) in [5, 5.41) is 19.0. The van der Waals surface area contributed by atoms with Gasteiger partial charge in [-0.3, -0.25) is 14.6 Å². The number of carbonyl (C=O) groups is 2. The van der Waals surface area contributed by atoms with Crippen LogP contribution in [0.5, 0.6) is 0 Å². The highest BCUT2D eigenvalue weighted by molar-refractivity contribution is 5.93. The minimum absolute atomic E-state index is 0.202. The van der Waals surface area contributed by atoms with Crippen molar-refractivity contribution in [3.8, 4) is 17.3 Å². The average Bonchev–Trinajstić information content (AvgIpc) is 3.22. The monoisotopic (exact) mass is 400 g/mol. The summed E-state index contributed by atoms with van der Waals surface area (Å²) >= 11 is 0. The third-order valence-corrected chi connectivity index (χ3v) is 4.72. The van der Waals surface area contributed by atoms with Crippen LogP contribution in [0.2, 0.25) is 0 Å². The normalized spacial score (nSPS) is 11.5. The molecule has 1 amide bonds. The fraction of sp³-hybridized carbons (Fsp3) is 0.130. The molecule has 0 aliphatic carbocycles. The maximum Gasteiger partial charge on any atom is 0.290 e. The number of fused-ring (bicyclic) bond motifs is 1.